The lowest BCUT2D eigenvalue weighted by molar-refractivity contribution is 0.0687. The van der Waals surface area contributed by atoms with Crippen molar-refractivity contribution in [2.45, 2.75) is 32.4 Å². The summed E-state index contributed by atoms with van der Waals surface area (Å²) in [7, 11) is -1.64. The van der Waals surface area contributed by atoms with Gasteiger partial charge in [-0.05, 0) is 25.3 Å². The van der Waals surface area contributed by atoms with E-state index in [9.17, 15) is 13.2 Å². The first kappa shape index (κ1) is 23.2. The number of aromatic nitrogens is 2. The average Bonchev–Trinajstić information content (AvgIpc) is 3.22. The molecular formula is C25H30N4O3S. The van der Waals surface area contributed by atoms with Crippen LogP contribution in [-0.4, -0.2) is 65.7 Å². The molecule has 1 saturated heterocycles. The molecular weight excluding hydrogens is 436 g/mol. The highest BCUT2D eigenvalue weighted by atomic mass is 32.2. The molecule has 1 aliphatic heterocycles. The number of hydrogen-bond acceptors (Lipinski definition) is 4. The number of piperidine rings is 1. The zero-order valence-electron chi connectivity index (χ0n) is 19.3. The number of rotatable bonds is 6. The number of nitrogens with zero attached hydrogens (tertiary/aromatic N) is 4. The van der Waals surface area contributed by atoms with Crippen LogP contribution in [0.15, 0.2) is 60.8 Å². The van der Waals surface area contributed by atoms with Crippen molar-refractivity contribution < 1.29 is 13.2 Å². The van der Waals surface area contributed by atoms with E-state index in [1.807, 2.05) is 77.3 Å². The highest BCUT2D eigenvalue weighted by molar-refractivity contribution is 7.88. The molecule has 7 nitrogen and oxygen atoms in total. The van der Waals surface area contributed by atoms with Gasteiger partial charge in [0, 0.05) is 37.9 Å². The molecule has 3 aromatic rings. The standard InChI is InChI=1S/C25H30N4O3S/c1-19-9-11-21(12-10-19)24-23(18-29(26-24)17-20-7-5-4-6-8-20)25(30)28-15-13-22(14-16-28)27(2)33(3,31)32/h4-12,18,22H,13-17H2,1-3H3. The third kappa shape index (κ3) is 5.34. The molecule has 4 rings (SSSR count). The SMILES string of the molecule is Cc1ccc(-c2nn(Cc3ccccc3)cc2C(=O)N2CCC(N(C)S(C)(=O)=O)CC2)cc1. The first-order valence-electron chi connectivity index (χ1n) is 11.1. The minimum Gasteiger partial charge on any atom is -0.338 e. The first-order chi connectivity index (χ1) is 15.7. The Hall–Kier alpha value is -2.97. The van der Waals surface area contributed by atoms with Gasteiger partial charge in [0.1, 0.15) is 5.69 Å². The number of likely N-dealkylation sites (tertiary alicyclic amines) is 1. The number of aryl methyl sites for hydroxylation is 1. The molecule has 1 amide bonds. The first-order valence-corrected chi connectivity index (χ1v) is 13.0. The van der Waals surface area contributed by atoms with Crippen LogP contribution in [0.25, 0.3) is 11.3 Å². The molecule has 8 heteroatoms. The van der Waals surface area contributed by atoms with Gasteiger partial charge in [-0.2, -0.15) is 5.10 Å². The molecule has 1 aliphatic rings. The largest absolute Gasteiger partial charge is 0.338 e. The highest BCUT2D eigenvalue weighted by Gasteiger charge is 2.31. The van der Waals surface area contributed by atoms with Crippen LogP contribution >= 0.6 is 0 Å². The van der Waals surface area contributed by atoms with Crippen molar-refractivity contribution in [3.8, 4) is 11.3 Å². The van der Waals surface area contributed by atoms with Gasteiger partial charge in [-0.1, -0.05) is 60.2 Å². The summed E-state index contributed by atoms with van der Waals surface area (Å²) in [5, 5.41) is 4.78. The maximum Gasteiger partial charge on any atom is 0.257 e. The molecule has 0 spiro atoms. The summed E-state index contributed by atoms with van der Waals surface area (Å²) in [6.45, 7) is 3.64. The van der Waals surface area contributed by atoms with Crippen LogP contribution < -0.4 is 0 Å². The Morgan fingerprint density at radius 1 is 1.06 bits per heavy atom. The maximum atomic E-state index is 13.5. The summed E-state index contributed by atoms with van der Waals surface area (Å²) in [6.07, 6.45) is 4.29. The zero-order valence-corrected chi connectivity index (χ0v) is 20.1. The van der Waals surface area contributed by atoms with E-state index in [-0.39, 0.29) is 11.9 Å². The Morgan fingerprint density at radius 2 is 1.70 bits per heavy atom. The second-order valence-corrected chi connectivity index (χ2v) is 10.8. The van der Waals surface area contributed by atoms with Gasteiger partial charge in [-0.15, -0.1) is 0 Å². The van der Waals surface area contributed by atoms with Crippen LogP contribution in [0.4, 0.5) is 0 Å². The van der Waals surface area contributed by atoms with E-state index < -0.39 is 10.0 Å². The second-order valence-electron chi connectivity index (χ2n) is 8.74. The molecule has 1 fully saturated rings. The van der Waals surface area contributed by atoms with Gasteiger partial charge in [-0.25, -0.2) is 12.7 Å². The quantitative estimate of drug-likeness (QED) is 0.558. The van der Waals surface area contributed by atoms with Crippen molar-refractivity contribution in [3.05, 3.63) is 77.5 Å². The Kier molecular flexibility index (Phi) is 6.67. The predicted octanol–water partition coefficient (Wildman–Crippen LogP) is 3.40. The fourth-order valence-corrected chi connectivity index (χ4v) is 4.98. The third-order valence-corrected chi connectivity index (χ3v) is 7.64. The zero-order chi connectivity index (χ0) is 23.6. The molecule has 2 heterocycles. The molecule has 0 aliphatic carbocycles. The average molecular weight is 467 g/mol. The van der Waals surface area contributed by atoms with Crippen molar-refractivity contribution in [1.29, 1.82) is 0 Å². The summed E-state index contributed by atoms with van der Waals surface area (Å²) < 4.78 is 27.0. The lowest BCUT2D eigenvalue weighted by Gasteiger charge is -2.35. The molecule has 0 bridgehead atoms. The second kappa shape index (κ2) is 9.49. The number of carbonyl (C=O) groups is 1. The van der Waals surface area contributed by atoms with E-state index in [0.29, 0.717) is 43.7 Å². The Morgan fingerprint density at radius 3 is 2.30 bits per heavy atom. The van der Waals surface area contributed by atoms with Gasteiger partial charge in [0.25, 0.3) is 5.91 Å². The minimum atomic E-state index is -3.25. The smallest absolute Gasteiger partial charge is 0.257 e. The van der Waals surface area contributed by atoms with E-state index in [2.05, 4.69) is 0 Å². The van der Waals surface area contributed by atoms with Crippen LogP contribution in [-0.2, 0) is 16.6 Å². The van der Waals surface area contributed by atoms with Crippen LogP contribution in [0.1, 0.15) is 34.3 Å². The summed E-state index contributed by atoms with van der Waals surface area (Å²) >= 11 is 0. The molecule has 0 N–H and O–H groups in total. The summed E-state index contributed by atoms with van der Waals surface area (Å²) in [5.74, 6) is -0.0645. The van der Waals surface area contributed by atoms with Gasteiger partial charge in [-0.3, -0.25) is 9.48 Å². The predicted molar refractivity (Wildman–Crippen MR) is 129 cm³/mol. The maximum absolute atomic E-state index is 13.5. The molecule has 0 unspecified atom stereocenters. The highest BCUT2D eigenvalue weighted by Crippen LogP contribution is 2.26. The van der Waals surface area contributed by atoms with Gasteiger partial charge in [0.05, 0.1) is 18.4 Å². The molecule has 33 heavy (non-hydrogen) atoms. The minimum absolute atomic E-state index is 0.0645. The van der Waals surface area contributed by atoms with Gasteiger partial charge in [0.2, 0.25) is 10.0 Å². The van der Waals surface area contributed by atoms with Crippen molar-refractivity contribution in [1.82, 2.24) is 19.0 Å². The van der Waals surface area contributed by atoms with Crippen molar-refractivity contribution in [2.24, 2.45) is 0 Å². The molecule has 1 aromatic heterocycles. The van der Waals surface area contributed by atoms with Gasteiger partial charge < -0.3 is 4.90 Å². The van der Waals surface area contributed by atoms with Crippen molar-refractivity contribution >= 4 is 15.9 Å². The Balaban J connectivity index is 1.59. The fraction of sp³-hybridized carbons (Fsp3) is 0.360. The molecule has 0 atom stereocenters. The van der Waals surface area contributed by atoms with E-state index >= 15 is 0 Å². The van der Waals surface area contributed by atoms with E-state index in [0.717, 1.165) is 16.7 Å². The van der Waals surface area contributed by atoms with Crippen molar-refractivity contribution in [2.75, 3.05) is 26.4 Å². The summed E-state index contributed by atoms with van der Waals surface area (Å²) in [6, 6.07) is 18.0. The Bertz CT molecular complexity index is 1210. The van der Waals surface area contributed by atoms with E-state index in [1.165, 1.54) is 10.6 Å². The molecule has 0 saturated carbocycles. The summed E-state index contributed by atoms with van der Waals surface area (Å²) in [5.41, 5.74) is 4.41. The molecule has 2 aromatic carbocycles. The molecule has 0 radical (unpaired) electrons. The lowest BCUT2D eigenvalue weighted by Crippen LogP contribution is -2.47. The lowest BCUT2D eigenvalue weighted by atomic mass is 10.0. The van der Waals surface area contributed by atoms with Gasteiger partial charge in [0.15, 0.2) is 0 Å². The normalized spacial score (nSPS) is 15.2. The van der Waals surface area contributed by atoms with E-state index in [1.54, 1.807) is 7.05 Å². The van der Waals surface area contributed by atoms with Crippen LogP contribution in [0.5, 0.6) is 0 Å². The fourth-order valence-electron chi connectivity index (χ4n) is 4.23. The van der Waals surface area contributed by atoms with Gasteiger partial charge >= 0.3 is 0 Å². The number of benzene rings is 2. The number of sulfonamides is 1. The summed E-state index contributed by atoms with van der Waals surface area (Å²) in [4.78, 5) is 15.4. The van der Waals surface area contributed by atoms with Crippen LogP contribution in [0, 0.1) is 6.92 Å². The van der Waals surface area contributed by atoms with Crippen molar-refractivity contribution in [3.63, 3.8) is 0 Å². The topological polar surface area (TPSA) is 75.5 Å². The Labute approximate surface area is 195 Å². The van der Waals surface area contributed by atoms with E-state index in [4.69, 9.17) is 5.10 Å². The monoisotopic (exact) mass is 466 g/mol. The number of hydrogen-bond donors (Lipinski definition) is 0. The molecule has 174 valence electrons. The third-order valence-electron chi connectivity index (χ3n) is 6.29. The number of amides is 1. The number of carbonyl (C=O) groups excluding carboxylic acids is 1. The van der Waals surface area contributed by atoms with Crippen LogP contribution in [0.2, 0.25) is 0 Å². The van der Waals surface area contributed by atoms with Crippen LogP contribution in [0.3, 0.4) is 0 Å².